The first-order valence-electron chi connectivity index (χ1n) is 2.64. The molecule has 0 rings (SSSR count). The zero-order valence-corrected chi connectivity index (χ0v) is 6.38. The number of aliphatic carboxylic acids is 2. The van der Waals surface area contributed by atoms with Gasteiger partial charge in [0.15, 0.2) is 0 Å². The van der Waals surface area contributed by atoms with E-state index < -0.39 is 22.8 Å². The standard InChI is InChI=1S/C6H4ClFO4/c7-3(5(9)10)1-2-4(8)6(11)12/h1-2H,(H,9,10)(H,11,12)/b3-1-,4-2-. The van der Waals surface area contributed by atoms with E-state index in [9.17, 15) is 14.0 Å². The van der Waals surface area contributed by atoms with Crippen molar-refractivity contribution < 1.29 is 24.2 Å². The molecule has 0 spiro atoms. The van der Waals surface area contributed by atoms with Crippen LogP contribution in [0.5, 0.6) is 0 Å². The molecule has 0 atom stereocenters. The maximum absolute atomic E-state index is 12.1. The molecular weight excluding hydrogens is 191 g/mol. The molecule has 0 amide bonds. The highest BCUT2D eigenvalue weighted by Crippen LogP contribution is 2.04. The summed E-state index contributed by atoms with van der Waals surface area (Å²) in [6.07, 6.45) is 1.10. The molecule has 6 heteroatoms. The number of hydrogen-bond donors (Lipinski definition) is 2. The summed E-state index contributed by atoms with van der Waals surface area (Å²) in [6.45, 7) is 0. The molecule has 0 aliphatic carbocycles. The Labute approximate surface area is 71.6 Å². The summed E-state index contributed by atoms with van der Waals surface area (Å²) in [7, 11) is 0. The third-order valence-electron chi connectivity index (χ3n) is 0.785. The van der Waals surface area contributed by atoms with Crippen molar-refractivity contribution in [2.75, 3.05) is 0 Å². The molecule has 0 aromatic carbocycles. The van der Waals surface area contributed by atoms with Gasteiger partial charge in [-0.15, -0.1) is 0 Å². The molecule has 0 saturated carbocycles. The summed E-state index contributed by atoms with van der Waals surface area (Å²) in [4.78, 5) is 19.8. The van der Waals surface area contributed by atoms with Crippen molar-refractivity contribution in [1.29, 1.82) is 0 Å². The van der Waals surface area contributed by atoms with Crippen LogP contribution in [0.15, 0.2) is 23.0 Å². The number of carboxylic acids is 2. The Morgan fingerprint density at radius 3 is 2.00 bits per heavy atom. The molecule has 0 fully saturated rings. The van der Waals surface area contributed by atoms with Crippen molar-refractivity contribution in [2.45, 2.75) is 0 Å². The second kappa shape index (κ2) is 4.50. The molecule has 0 heterocycles. The maximum atomic E-state index is 12.1. The van der Waals surface area contributed by atoms with E-state index in [1.165, 1.54) is 0 Å². The van der Waals surface area contributed by atoms with Crippen molar-refractivity contribution in [3.63, 3.8) is 0 Å². The van der Waals surface area contributed by atoms with Crippen LogP contribution >= 0.6 is 11.6 Å². The largest absolute Gasteiger partial charge is 0.477 e. The van der Waals surface area contributed by atoms with Crippen LogP contribution in [-0.2, 0) is 9.59 Å². The second-order valence-electron chi connectivity index (χ2n) is 1.64. The van der Waals surface area contributed by atoms with Crippen LogP contribution in [0, 0.1) is 0 Å². The molecule has 4 nitrogen and oxygen atoms in total. The molecule has 2 N–H and O–H groups in total. The smallest absolute Gasteiger partial charge is 0.364 e. The summed E-state index contributed by atoms with van der Waals surface area (Å²) in [5.41, 5.74) is 0. The summed E-state index contributed by atoms with van der Waals surface area (Å²) >= 11 is 5.02. The number of rotatable bonds is 3. The van der Waals surface area contributed by atoms with Gasteiger partial charge in [-0.05, 0) is 12.2 Å². The van der Waals surface area contributed by atoms with E-state index in [1.807, 2.05) is 0 Å². The highest BCUT2D eigenvalue weighted by atomic mass is 35.5. The number of allylic oxidation sites excluding steroid dienone is 2. The van der Waals surface area contributed by atoms with Gasteiger partial charge in [-0.1, -0.05) is 11.6 Å². The first kappa shape index (κ1) is 10.6. The van der Waals surface area contributed by atoms with E-state index >= 15 is 0 Å². The average Bonchev–Trinajstić information content (AvgIpc) is 1.98. The molecule has 0 bridgehead atoms. The van der Waals surface area contributed by atoms with Gasteiger partial charge in [-0.2, -0.15) is 4.39 Å². The van der Waals surface area contributed by atoms with Crippen molar-refractivity contribution in [3.05, 3.63) is 23.0 Å². The van der Waals surface area contributed by atoms with E-state index in [0.717, 1.165) is 0 Å². The predicted octanol–water partition coefficient (Wildman–Crippen LogP) is 1.13. The third kappa shape index (κ3) is 3.72. The highest BCUT2D eigenvalue weighted by molar-refractivity contribution is 6.41. The molecule has 0 radical (unpaired) electrons. The SMILES string of the molecule is O=C(O)/C(F)=C/C=C(\Cl)C(=O)O. The lowest BCUT2D eigenvalue weighted by Gasteiger charge is -1.86. The zero-order valence-electron chi connectivity index (χ0n) is 5.62. The van der Waals surface area contributed by atoms with Crippen molar-refractivity contribution >= 4 is 23.5 Å². The van der Waals surface area contributed by atoms with Gasteiger partial charge in [0.25, 0.3) is 0 Å². The van der Waals surface area contributed by atoms with Gasteiger partial charge in [-0.25, -0.2) is 9.59 Å². The average molecular weight is 195 g/mol. The molecule has 0 aliphatic rings. The van der Waals surface area contributed by atoms with E-state index in [2.05, 4.69) is 0 Å². The van der Waals surface area contributed by atoms with Gasteiger partial charge in [-0.3, -0.25) is 0 Å². The maximum Gasteiger partial charge on any atom is 0.364 e. The highest BCUT2D eigenvalue weighted by Gasteiger charge is 2.05. The van der Waals surface area contributed by atoms with Crippen molar-refractivity contribution in [1.82, 2.24) is 0 Å². The van der Waals surface area contributed by atoms with E-state index in [0.29, 0.717) is 12.2 Å². The Balaban J connectivity index is 4.48. The normalized spacial score (nSPS) is 12.8. The van der Waals surface area contributed by atoms with Gasteiger partial charge in [0.2, 0.25) is 5.83 Å². The van der Waals surface area contributed by atoms with Crippen molar-refractivity contribution in [2.24, 2.45) is 0 Å². The van der Waals surface area contributed by atoms with Gasteiger partial charge in [0, 0.05) is 0 Å². The Morgan fingerprint density at radius 2 is 1.67 bits per heavy atom. The fraction of sp³-hybridized carbons (Fsp3) is 0. The summed E-state index contributed by atoms with van der Waals surface area (Å²) in [5.74, 6) is -4.71. The summed E-state index contributed by atoms with van der Waals surface area (Å²) in [5, 5.41) is 15.4. The molecule has 0 aromatic rings. The number of hydrogen-bond acceptors (Lipinski definition) is 2. The minimum atomic E-state index is -1.78. The monoisotopic (exact) mass is 194 g/mol. The summed E-state index contributed by atoms with van der Waals surface area (Å²) < 4.78 is 12.1. The molecule has 0 unspecified atom stereocenters. The van der Waals surface area contributed by atoms with E-state index in [1.54, 1.807) is 0 Å². The zero-order chi connectivity index (χ0) is 9.72. The number of carboxylic acid groups (broad SMARTS) is 2. The number of carbonyl (C=O) groups is 2. The lowest BCUT2D eigenvalue weighted by atomic mass is 10.4. The molecular formula is C6H4ClFO4. The molecule has 0 aliphatic heterocycles. The third-order valence-corrected chi connectivity index (χ3v) is 1.07. The minimum Gasteiger partial charge on any atom is -0.477 e. The molecule has 66 valence electrons. The van der Waals surface area contributed by atoms with Gasteiger partial charge in [0.1, 0.15) is 5.03 Å². The quantitative estimate of drug-likeness (QED) is 0.522. The fourth-order valence-electron chi connectivity index (χ4n) is 0.289. The van der Waals surface area contributed by atoms with Crippen LogP contribution in [-0.4, -0.2) is 22.2 Å². The Hall–Kier alpha value is -1.36. The van der Waals surface area contributed by atoms with Crippen LogP contribution in [0.25, 0.3) is 0 Å². The first-order chi connectivity index (χ1) is 5.45. The first-order valence-corrected chi connectivity index (χ1v) is 3.02. The van der Waals surface area contributed by atoms with Crippen LogP contribution in [0.1, 0.15) is 0 Å². The van der Waals surface area contributed by atoms with Crippen LogP contribution < -0.4 is 0 Å². The predicted molar refractivity (Wildman–Crippen MR) is 38.4 cm³/mol. The van der Waals surface area contributed by atoms with Crippen molar-refractivity contribution in [3.8, 4) is 0 Å². The Bertz CT molecular complexity index is 241. The Kier molecular flexibility index (Phi) is 3.99. The van der Waals surface area contributed by atoms with Gasteiger partial charge < -0.3 is 10.2 Å². The van der Waals surface area contributed by atoms with Gasteiger partial charge in [0.05, 0.1) is 0 Å². The summed E-state index contributed by atoms with van der Waals surface area (Å²) in [6, 6.07) is 0. The number of halogens is 2. The van der Waals surface area contributed by atoms with Crippen LogP contribution in [0.2, 0.25) is 0 Å². The fourth-order valence-corrected chi connectivity index (χ4v) is 0.352. The molecule has 0 saturated heterocycles. The van der Waals surface area contributed by atoms with Crippen LogP contribution in [0.3, 0.4) is 0 Å². The van der Waals surface area contributed by atoms with Gasteiger partial charge >= 0.3 is 11.9 Å². The van der Waals surface area contributed by atoms with E-state index in [4.69, 9.17) is 21.8 Å². The second-order valence-corrected chi connectivity index (χ2v) is 2.05. The minimum absolute atomic E-state index is 0.457. The molecule has 12 heavy (non-hydrogen) atoms. The lowest BCUT2D eigenvalue weighted by molar-refractivity contribution is -0.134. The lowest BCUT2D eigenvalue weighted by Crippen LogP contribution is -1.95. The Morgan fingerprint density at radius 1 is 1.17 bits per heavy atom. The molecule has 0 aromatic heterocycles. The van der Waals surface area contributed by atoms with E-state index in [-0.39, 0.29) is 0 Å². The topological polar surface area (TPSA) is 74.6 Å². The van der Waals surface area contributed by atoms with Crippen LogP contribution in [0.4, 0.5) is 4.39 Å².